The van der Waals surface area contributed by atoms with Crippen molar-refractivity contribution >= 4 is 5.97 Å². The maximum absolute atomic E-state index is 11.3. The van der Waals surface area contributed by atoms with Gasteiger partial charge >= 0.3 is 5.97 Å². The average molecular weight is 195 g/mol. The normalized spacial score (nSPS) is 10.2. The van der Waals surface area contributed by atoms with Crippen LogP contribution in [-0.2, 0) is 4.74 Å². The van der Waals surface area contributed by atoms with E-state index < -0.39 is 5.97 Å². The van der Waals surface area contributed by atoms with Gasteiger partial charge in [0.05, 0.1) is 0 Å². The summed E-state index contributed by atoms with van der Waals surface area (Å²) in [6.07, 6.45) is 2.83. The van der Waals surface area contributed by atoms with Gasteiger partial charge in [-0.2, -0.15) is 0 Å². The summed E-state index contributed by atoms with van der Waals surface area (Å²) in [5.41, 5.74) is 0.291. The number of esters is 1. The number of hydrogen-bond acceptors (Lipinski definition) is 5. The quantitative estimate of drug-likeness (QED) is 0.642. The summed E-state index contributed by atoms with van der Waals surface area (Å²) in [4.78, 5) is 20.7. The van der Waals surface area contributed by atoms with Crippen molar-refractivity contribution in [2.75, 3.05) is 27.2 Å². The van der Waals surface area contributed by atoms with Crippen LogP contribution in [0.3, 0.4) is 0 Å². The zero-order valence-corrected chi connectivity index (χ0v) is 8.30. The van der Waals surface area contributed by atoms with Gasteiger partial charge in [0.1, 0.15) is 12.9 Å². The maximum atomic E-state index is 11.3. The lowest BCUT2D eigenvalue weighted by Gasteiger charge is -2.09. The van der Waals surface area contributed by atoms with E-state index in [-0.39, 0.29) is 0 Å². The largest absolute Gasteiger partial charge is 0.460 e. The van der Waals surface area contributed by atoms with E-state index in [0.717, 1.165) is 0 Å². The first-order valence-corrected chi connectivity index (χ1v) is 4.28. The minimum absolute atomic E-state index is 0.291. The highest BCUT2D eigenvalue weighted by Gasteiger charge is 2.07. The van der Waals surface area contributed by atoms with E-state index in [1.165, 1.54) is 18.6 Å². The number of nitrogens with zero attached hydrogens (tertiary/aromatic N) is 3. The zero-order chi connectivity index (χ0) is 10.4. The molecule has 0 aliphatic rings. The second-order valence-electron chi connectivity index (χ2n) is 3.03. The van der Waals surface area contributed by atoms with Crippen LogP contribution < -0.4 is 0 Å². The monoisotopic (exact) mass is 195 g/mol. The van der Waals surface area contributed by atoms with Gasteiger partial charge in [-0.05, 0) is 20.2 Å². The zero-order valence-electron chi connectivity index (χ0n) is 8.30. The Morgan fingerprint density at radius 2 is 2.36 bits per heavy atom. The molecular weight excluding hydrogens is 182 g/mol. The van der Waals surface area contributed by atoms with Gasteiger partial charge in [0, 0.05) is 12.7 Å². The Morgan fingerprint density at radius 1 is 1.57 bits per heavy atom. The third kappa shape index (κ3) is 3.49. The topological polar surface area (TPSA) is 55.3 Å². The van der Waals surface area contributed by atoms with Crippen molar-refractivity contribution in [1.29, 1.82) is 0 Å². The van der Waals surface area contributed by atoms with Crippen molar-refractivity contribution in [2.45, 2.75) is 0 Å². The molecule has 0 spiro atoms. The Bertz CT molecular complexity index is 287. The predicted octanol–water partition coefficient (Wildman–Crippen LogP) is 0.195. The lowest BCUT2D eigenvalue weighted by Crippen LogP contribution is -2.20. The molecule has 0 atom stereocenters. The number of hydrogen-bond donors (Lipinski definition) is 0. The Morgan fingerprint density at radius 3 is 2.93 bits per heavy atom. The molecule has 1 rings (SSSR count). The third-order valence-corrected chi connectivity index (χ3v) is 1.56. The smallest absolute Gasteiger partial charge is 0.357 e. The van der Waals surface area contributed by atoms with E-state index in [4.69, 9.17) is 4.74 Å². The van der Waals surface area contributed by atoms with Crippen molar-refractivity contribution in [3.05, 3.63) is 24.3 Å². The second kappa shape index (κ2) is 5.29. The van der Waals surface area contributed by atoms with E-state index in [0.29, 0.717) is 18.8 Å². The molecule has 5 nitrogen and oxygen atoms in total. The van der Waals surface area contributed by atoms with Gasteiger partial charge in [-0.15, -0.1) is 0 Å². The van der Waals surface area contributed by atoms with Crippen LogP contribution in [0.4, 0.5) is 0 Å². The van der Waals surface area contributed by atoms with Crippen LogP contribution in [0.2, 0.25) is 0 Å². The van der Waals surface area contributed by atoms with Crippen molar-refractivity contribution in [3.63, 3.8) is 0 Å². The molecule has 76 valence electrons. The molecule has 1 aromatic rings. The molecule has 0 bridgehead atoms. The fraction of sp³-hybridized carbons (Fsp3) is 0.444. The van der Waals surface area contributed by atoms with Crippen LogP contribution in [0.25, 0.3) is 0 Å². The minimum Gasteiger partial charge on any atom is -0.460 e. The molecule has 0 aromatic carbocycles. The van der Waals surface area contributed by atoms with Crippen molar-refractivity contribution in [2.24, 2.45) is 0 Å². The minimum atomic E-state index is -0.408. The van der Waals surface area contributed by atoms with Crippen LogP contribution in [0.1, 0.15) is 10.5 Å². The lowest BCUT2D eigenvalue weighted by molar-refractivity contribution is 0.0475. The van der Waals surface area contributed by atoms with E-state index in [1.54, 1.807) is 0 Å². The summed E-state index contributed by atoms with van der Waals surface area (Å²) in [6, 6.07) is 1.53. The van der Waals surface area contributed by atoms with E-state index in [2.05, 4.69) is 9.97 Å². The van der Waals surface area contributed by atoms with E-state index in [9.17, 15) is 4.79 Å². The average Bonchev–Trinajstić information content (AvgIpc) is 2.18. The number of likely N-dealkylation sites (N-methyl/N-ethyl adjacent to an activating group) is 1. The van der Waals surface area contributed by atoms with Crippen LogP contribution in [0.5, 0.6) is 0 Å². The molecular formula is C9H13N3O2. The van der Waals surface area contributed by atoms with Crippen molar-refractivity contribution < 1.29 is 9.53 Å². The predicted molar refractivity (Wildman–Crippen MR) is 50.9 cm³/mol. The van der Waals surface area contributed by atoms with Crippen molar-refractivity contribution in [1.82, 2.24) is 14.9 Å². The number of carbonyl (C=O) groups is 1. The summed E-state index contributed by atoms with van der Waals surface area (Å²) >= 11 is 0. The third-order valence-electron chi connectivity index (χ3n) is 1.56. The SMILES string of the molecule is CN(C)CCOC(=O)c1ccncn1. The standard InChI is InChI=1S/C9H13N3O2/c1-12(2)5-6-14-9(13)8-3-4-10-7-11-8/h3-4,7H,5-6H2,1-2H3. The Hall–Kier alpha value is -1.49. The summed E-state index contributed by atoms with van der Waals surface area (Å²) in [7, 11) is 3.83. The van der Waals surface area contributed by atoms with Crippen LogP contribution in [0.15, 0.2) is 18.6 Å². The van der Waals surface area contributed by atoms with Gasteiger partial charge in [-0.25, -0.2) is 14.8 Å². The number of carbonyl (C=O) groups excluding carboxylic acids is 1. The fourth-order valence-electron chi connectivity index (χ4n) is 0.806. The number of ether oxygens (including phenoxy) is 1. The van der Waals surface area contributed by atoms with Gasteiger partial charge in [0.25, 0.3) is 0 Å². The van der Waals surface area contributed by atoms with Gasteiger partial charge in [0.2, 0.25) is 0 Å². The molecule has 0 fully saturated rings. The molecule has 0 unspecified atom stereocenters. The van der Waals surface area contributed by atoms with Crippen LogP contribution >= 0.6 is 0 Å². The first kappa shape index (κ1) is 10.6. The summed E-state index contributed by atoms with van der Waals surface area (Å²) in [5.74, 6) is -0.408. The molecule has 0 aliphatic carbocycles. The number of rotatable bonds is 4. The highest BCUT2D eigenvalue weighted by Crippen LogP contribution is 1.94. The molecule has 1 heterocycles. The van der Waals surface area contributed by atoms with Crippen molar-refractivity contribution in [3.8, 4) is 0 Å². The van der Waals surface area contributed by atoms with Gasteiger partial charge in [-0.3, -0.25) is 0 Å². The molecule has 0 radical (unpaired) electrons. The summed E-state index contributed by atoms with van der Waals surface area (Å²) in [5, 5.41) is 0. The molecule has 0 aliphatic heterocycles. The number of aromatic nitrogens is 2. The van der Waals surface area contributed by atoms with Crippen LogP contribution in [0, 0.1) is 0 Å². The highest BCUT2D eigenvalue weighted by molar-refractivity contribution is 5.86. The Kier molecular flexibility index (Phi) is 4.00. The second-order valence-corrected chi connectivity index (χ2v) is 3.03. The Labute approximate surface area is 82.7 Å². The van der Waals surface area contributed by atoms with Crippen LogP contribution in [-0.4, -0.2) is 48.1 Å². The first-order valence-electron chi connectivity index (χ1n) is 4.28. The van der Waals surface area contributed by atoms with E-state index >= 15 is 0 Å². The summed E-state index contributed by atoms with van der Waals surface area (Å²) < 4.78 is 4.97. The molecule has 0 amide bonds. The Balaban J connectivity index is 2.36. The molecule has 0 saturated heterocycles. The first-order chi connectivity index (χ1) is 6.70. The summed E-state index contributed by atoms with van der Waals surface area (Å²) in [6.45, 7) is 1.08. The molecule has 0 N–H and O–H groups in total. The molecule has 1 aromatic heterocycles. The molecule has 0 saturated carbocycles. The molecule has 14 heavy (non-hydrogen) atoms. The van der Waals surface area contributed by atoms with Gasteiger partial charge in [-0.1, -0.05) is 0 Å². The lowest BCUT2D eigenvalue weighted by atomic mass is 10.4. The maximum Gasteiger partial charge on any atom is 0.357 e. The van der Waals surface area contributed by atoms with Gasteiger partial charge in [0.15, 0.2) is 5.69 Å². The van der Waals surface area contributed by atoms with Gasteiger partial charge < -0.3 is 9.64 Å². The fourth-order valence-corrected chi connectivity index (χ4v) is 0.806. The van der Waals surface area contributed by atoms with E-state index in [1.807, 2.05) is 19.0 Å². The highest BCUT2D eigenvalue weighted by atomic mass is 16.5. The molecule has 5 heteroatoms.